The number of thiophene rings is 1. The molecule has 262 valence electrons. The van der Waals surface area contributed by atoms with Crippen molar-refractivity contribution < 1.29 is 0 Å². The van der Waals surface area contributed by atoms with Crippen molar-refractivity contribution in [1.29, 1.82) is 0 Å². The van der Waals surface area contributed by atoms with E-state index in [4.69, 9.17) is 15.0 Å². The highest BCUT2D eigenvalue weighted by Crippen LogP contribution is 2.40. The van der Waals surface area contributed by atoms with Crippen LogP contribution in [0.4, 0.5) is 0 Å². The van der Waals surface area contributed by atoms with Crippen LogP contribution in [0, 0.1) is 0 Å². The van der Waals surface area contributed by atoms with Gasteiger partial charge in [-0.1, -0.05) is 133 Å². The van der Waals surface area contributed by atoms with E-state index in [-0.39, 0.29) is 0 Å². The number of para-hydroxylation sites is 2. The van der Waals surface area contributed by atoms with Crippen molar-refractivity contribution in [1.82, 2.24) is 19.5 Å². The van der Waals surface area contributed by atoms with Gasteiger partial charge in [-0.3, -0.25) is 0 Å². The van der Waals surface area contributed by atoms with Gasteiger partial charge in [-0.2, -0.15) is 0 Å². The summed E-state index contributed by atoms with van der Waals surface area (Å²) in [5.74, 6) is 1.94. The normalized spacial score (nSPS) is 11.6. The number of rotatable bonds is 6. The van der Waals surface area contributed by atoms with Crippen LogP contribution in [0.5, 0.6) is 0 Å². The van der Waals surface area contributed by atoms with Gasteiger partial charge >= 0.3 is 0 Å². The predicted molar refractivity (Wildman–Crippen MR) is 234 cm³/mol. The number of nitrogens with zero attached hydrogens (tertiary/aromatic N) is 4. The summed E-state index contributed by atoms with van der Waals surface area (Å²) < 4.78 is 4.86. The molecule has 0 N–H and O–H groups in total. The van der Waals surface area contributed by atoms with Crippen molar-refractivity contribution in [3.63, 3.8) is 0 Å². The molecule has 5 heteroatoms. The van der Waals surface area contributed by atoms with Crippen molar-refractivity contribution in [2.24, 2.45) is 0 Å². The molecule has 0 spiro atoms. The maximum absolute atomic E-state index is 5.13. The van der Waals surface area contributed by atoms with Crippen LogP contribution in [0.2, 0.25) is 0 Å². The van der Waals surface area contributed by atoms with E-state index in [1.54, 1.807) is 0 Å². The Morgan fingerprint density at radius 3 is 1.52 bits per heavy atom. The monoisotopic (exact) mass is 732 g/mol. The van der Waals surface area contributed by atoms with Gasteiger partial charge in [-0.05, 0) is 82.9 Å². The molecule has 0 saturated heterocycles. The van der Waals surface area contributed by atoms with Gasteiger partial charge in [-0.15, -0.1) is 11.3 Å². The molecule has 3 heterocycles. The van der Waals surface area contributed by atoms with Crippen LogP contribution in [0.15, 0.2) is 194 Å². The average molecular weight is 733 g/mol. The highest BCUT2D eigenvalue weighted by molar-refractivity contribution is 7.25. The summed E-state index contributed by atoms with van der Waals surface area (Å²) in [6.45, 7) is 0. The zero-order valence-corrected chi connectivity index (χ0v) is 31.0. The Bertz CT molecular complexity index is 3240. The second-order valence-electron chi connectivity index (χ2n) is 14.1. The van der Waals surface area contributed by atoms with Gasteiger partial charge in [0.25, 0.3) is 0 Å². The maximum Gasteiger partial charge on any atom is 0.164 e. The van der Waals surface area contributed by atoms with Crippen LogP contribution in [-0.4, -0.2) is 19.5 Å². The minimum absolute atomic E-state index is 0.646. The van der Waals surface area contributed by atoms with E-state index in [0.717, 1.165) is 33.5 Å². The third kappa shape index (κ3) is 5.56. The molecule has 3 aromatic heterocycles. The minimum atomic E-state index is 0.646. The number of benzene rings is 8. The molecule has 11 aromatic rings. The van der Waals surface area contributed by atoms with E-state index in [1.807, 2.05) is 35.6 Å². The van der Waals surface area contributed by atoms with Crippen molar-refractivity contribution in [2.75, 3.05) is 0 Å². The van der Waals surface area contributed by atoms with Crippen LogP contribution < -0.4 is 0 Å². The molecule has 0 aliphatic heterocycles. The molecular formula is C51H32N4S. The highest BCUT2D eigenvalue weighted by Gasteiger charge is 2.17. The van der Waals surface area contributed by atoms with Crippen molar-refractivity contribution >= 4 is 53.3 Å². The molecule has 0 unspecified atom stereocenters. The molecule has 0 amide bonds. The second kappa shape index (κ2) is 13.3. The van der Waals surface area contributed by atoms with E-state index < -0.39 is 0 Å². The molecule has 0 aliphatic rings. The van der Waals surface area contributed by atoms with E-state index in [0.29, 0.717) is 17.5 Å². The van der Waals surface area contributed by atoms with E-state index in [9.17, 15) is 0 Å². The zero-order valence-electron chi connectivity index (χ0n) is 30.2. The molecule has 0 bridgehead atoms. The van der Waals surface area contributed by atoms with Crippen molar-refractivity contribution in [3.05, 3.63) is 194 Å². The Kier molecular flexibility index (Phi) is 7.64. The Balaban J connectivity index is 1.04. The first-order valence-electron chi connectivity index (χ1n) is 18.8. The summed E-state index contributed by atoms with van der Waals surface area (Å²) in [6.07, 6.45) is 0. The van der Waals surface area contributed by atoms with Gasteiger partial charge < -0.3 is 4.57 Å². The van der Waals surface area contributed by atoms with Gasteiger partial charge in [0.1, 0.15) is 0 Å². The van der Waals surface area contributed by atoms with Crippen LogP contribution in [0.25, 0.3) is 104 Å². The SMILES string of the molecule is c1ccc(-c2cccc(-c3nc(-c4ccccc4)nc(-c4ccc5sc6ccc(-c7ccc8c9ccccc9n(-c9ccccc9)c8c7)cc6c5c4)n3)c2)cc1. The number of hydrogen-bond donors (Lipinski definition) is 0. The lowest BCUT2D eigenvalue weighted by Crippen LogP contribution is -2.00. The summed E-state index contributed by atoms with van der Waals surface area (Å²) in [7, 11) is 0. The lowest BCUT2D eigenvalue weighted by Gasteiger charge is -2.10. The third-order valence-electron chi connectivity index (χ3n) is 10.6. The number of fused-ring (bicyclic) bond motifs is 6. The van der Waals surface area contributed by atoms with Crippen LogP contribution in [-0.2, 0) is 0 Å². The first-order chi connectivity index (χ1) is 27.7. The standard InChI is InChI=1S/C51H32N4S/c1-4-13-33(14-5-1)35-17-12-18-38(29-35)50-52-49(34-15-6-2-7-16-34)53-51(54-50)39-25-28-48-44(31-39)43-30-36(24-27-47(43)56-48)37-23-26-42-41-21-10-11-22-45(41)55(46(42)32-37)40-19-8-3-9-20-40/h1-32H. The Morgan fingerprint density at radius 2 is 0.786 bits per heavy atom. The van der Waals surface area contributed by atoms with Crippen LogP contribution >= 0.6 is 11.3 Å². The number of hydrogen-bond acceptors (Lipinski definition) is 4. The second-order valence-corrected chi connectivity index (χ2v) is 15.1. The van der Waals surface area contributed by atoms with E-state index in [1.165, 1.54) is 53.1 Å². The highest BCUT2D eigenvalue weighted by atomic mass is 32.1. The average Bonchev–Trinajstić information content (AvgIpc) is 3.82. The Morgan fingerprint density at radius 1 is 0.304 bits per heavy atom. The van der Waals surface area contributed by atoms with E-state index in [2.05, 4.69) is 174 Å². The summed E-state index contributed by atoms with van der Waals surface area (Å²) in [6, 6.07) is 68.7. The molecule has 4 nitrogen and oxygen atoms in total. The van der Waals surface area contributed by atoms with Gasteiger partial charge in [0.15, 0.2) is 17.5 Å². The molecule has 8 aromatic carbocycles. The first kappa shape index (κ1) is 32.2. The maximum atomic E-state index is 5.13. The lowest BCUT2D eigenvalue weighted by molar-refractivity contribution is 1.07. The summed E-state index contributed by atoms with van der Waals surface area (Å²) >= 11 is 1.82. The third-order valence-corrected chi connectivity index (χ3v) is 11.8. The summed E-state index contributed by atoms with van der Waals surface area (Å²) in [5.41, 5.74) is 11.0. The fraction of sp³-hybridized carbons (Fsp3) is 0. The van der Waals surface area contributed by atoms with Crippen LogP contribution in [0.1, 0.15) is 0 Å². The molecule has 0 aliphatic carbocycles. The van der Waals surface area contributed by atoms with Crippen LogP contribution in [0.3, 0.4) is 0 Å². The first-order valence-corrected chi connectivity index (χ1v) is 19.6. The lowest BCUT2D eigenvalue weighted by atomic mass is 10.0. The molecule has 56 heavy (non-hydrogen) atoms. The topological polar surface area (TPSA) is 43.6 Å². The fourth-order valence-corrected chi connectivity index (χ4v) is 8.99. The Labute approximate surface area is 327 Å². The minimum Gasteiger partial charge on any atom is -0.309 e. The smallest absolute Gasteiger partial charge is 0.164 e. The Hall–Kier alpha value is -7.21. The quantitative estimate of drug-likeness (QED) is 0.171. The summed E-state index contributed by atoms with van der Waals surface area (Å²) in [4.78, 5) is 15.2. The largest absolute Gasteiger partial charge is 0.309 e. The number of aromatic nitrogens is 4. The van der Waals surface area contributed by atoms with Crippen molar-refractivity contribution in [2.45, 2.75) is 0 Å². The molecular weight excluding hydrogens is 701 g/mol. The molecule has 0 radical (unpaired) electrons. The van der Waals surface area contributed by atoms with Gasteiger partial charge in [0, 0.05) is 53.3 Å². The zero-order chi connectivity index (χ0) is 37.0. The van der Waals surface area contributed by atoms with Gasteiger partial charge in [-0.25, -0.2) is 15.0 Å². The van der Waals surface area contributed by atoms with Gasteiger partial charge in [0.05, 0.1) is 11.0 Å². The van der Waals surface area contributed by atoms with Gasteiger partial charge in [0.2, 0.25) is 0 Å². The summed E-state index contributed by atoms with van der Waals surface area (Å²) in [5, 5.41) is 4.92. The molecule has 11 rings (SSSR count). The van der Waals surface area contributed by atoms with Crippen molar-refractivity contribution in [3.8, 4) is 62.1 Å². The molecule has 0 saturated carbocycles. The molecule has 0 atom stereocenters. The molecule has 0 fully saturated rings. The predicted octanol–water partition coefficient (Wildman–Crippen LogP) is 13.7. The fourth-order valence-electron chi connectivity index (χ4n) is 7.92. The van der Waals surface area contributed by atoms with E-state index >= 15 is 0 Å².